The van der Waals surface area contributed by atoms with Crippen molar-refractivity contribution in [1.82, 2.24) is 10.2 Å². The minimum atomic E-state index is 0. The van der Waals surface area contributed by atoms with Gasteiger partial charge in [0.15, 0.2) is 0 Å². The number of ether oxygens (including phenoxy) is 1. The van der Waals surface area contributed by atoms with Gasteiger partial charge in [0.25, 0.3) is 0 Å². The fraction of sp³-hybridized carbons (Fsp3) is 0.625. The number of methoxy groups -OCH3 is 1. The van der Waals surface area contributed by atoms with E-state index in [1.807, 2.05) is 6.07 Å². The van der Waals surface area contributed by atoms with Crippen LogP contribution in [0.25, 0.3) is 0 Å². The number of phenolic OH excluding ortho intramolecular Hbond substituents is 1. The summed E-state index contributed by atoms with van der Waals surface area (Å²) >= 11 is 6.14. The highest BCUT2D eigenvalue weighted by atomic mass is 35.5. The Bertz CT molecular complexity index is 506. The molecule has 0 radical (unpaired) electrons. The van der Waals surface area contributed by atoms with Crippen LogP contribution in [0.2, 0.25) is 5.02 Å². The predicted octanol–water partition coefficient (Wildman–Crippen LogP) is 3.64. The first-order chi connectivity index (χ1) is 10.2. The lowest BCUT2D eigenvalue weighted by Crippen LogP contribution is -2.45. The molecular weight excluding hydrogens is 359 g/mol. The monoisotopic (exact) mass is 382 g/mol. The number of phenols is 1. The Labute approximate surface area is 155 Å². The Hall–Kier alpha value is -0.390. The molecule has 0 amide bonds. The van der Waals surface area contributed by atoms with Crippen LogP contribution < -0.4 is 10.1 Å². The Morgan fingerprint density at radius 1 is 1.30 bits per heavy atom. The number of aromatic hydroxyl groups is 1. The standard InChI is InChI=1S/C16H23ClN2O2.2ClH/c1-21-14-5-4-12(17)16(20)15(14)13(10-11-2-3-11)19-8-6-18-7-9-19;;/h4-5,11,13,18,20H,2-3,6-10H2,1H3;2*1H/t13-;;/m0../s1. The fourth-order valence-corrected chi connectivity index (χ4v) is 3.34. The molecule has 7 heteroatoms. The molecule has 1 saturated carbocycles. The van der Waals surface area contributed by atoms with Crippen molar-refractivity contribution in [3.05, 3.63) is 22.7 Å². The van der Waals surface area contributed by atoms with Crippen LogP contribution in [-0.4, -0.2) is 43.3 Å². The molecule has 1 atom stereocenters. The Morgan fingerprint density at radius 3 is 2.52 bits per heavy atom. The molecule has 3 rings (SSSR count). The molecule has 0 spiro atoms. The molecule has 2 N–H and O–H groups in total. The van der Waals surface area contributed by atoms with E-state index >= 15 is 0 Å². The van der Waals surface area contributed by atoms with E-state index in [2.05, 4.69) is 10.2 Å². The first-order valence-corrected chi connectivity index (χ1v) is 8.08. The van der Waals surface area contributed by atoms with Gasteiger partial charge in [0.1, 0.15) is 11.5 Å². The van der Waals surface area contributed by atoms with Gasteiger partial charge in [0, 0.05) is 32.2 Å². The van der Waals surface area contributed by atoms with E-state index in [9.17, 15) is 5.11 Å². The van der Waals surface area contributed by atoms with E-state index in [1.165, 1.54) is 12.8 Å². The third kappa shape index (κ3) is 4.80. The quantitative estimate of drug-likeness (QED) is 0.815. The third-order valence-electron chi connectivity index (χ3n) is 4.53. The molecule has 2 fully saturated rings. The summed E-state index contributed by atoms with van der Waals surface area (Å²) in [4.78, 5) is 2.45. The van der Waals surface area contributed by atoms with Crippen LogP contribution in [0, 0.1) is 5.92 Å². The van der Waals surface area contributed by atoms with Crippen molar-refractivity contribution < 1.29 is 9.84 Å². The molecule has 132 valence electrons. The average molecular weight is 384 g/mol. The summed E-state index contributed by atoms with van der Waals surface area (Å²) in [7, 11) is 1.65. The number of benzene rings is 1. The van der Waals surface area contributed by atoms with Gasteiger partial charge in [-0.3, -0.25) is 4.90 Å². The lowest BCUT2D eigenvalue weighted by Gasteiger charge is -2.36. The molecule has 1 aromatic rings. The number of halogens is 3. The molecule has 1 aliphatic heterocycles. The number of hydrogen-bond acceptors (Lipinski definition) is 4. The fourth-order valence-electron chi connectivity index (χ4n) is 3.18. The smallest absolute Gasteiger partial charge is 0.142 e. The number of rotatable bonds is 5. The van der Waals surface area contributed by atoms with Crippen LogP contribution in [0.5, 0.6) is 11.5 Å². The summed E-state index contributed by atoms with van der Waals surface area (Å²) in [5.74, 6) is 1.69. The van der Waals surface area contributed by atoms with Crippen molar-refractivity contribution in [2.24, 2.45) is 5.92 Å². The van der Waals surface area contributed by atoms with Gasteiger partial charge >= 0.3 is 0 Å². The van der Waals surface area contributed by atoms with Gasteiger partial charge in [0.2, 0.25) is 0 Å². The van der Waals surface area contributed by atoms with Gasteiger partial charge in [-0.1, -0.05) is 24.4 Å². The number of nitrogens with one attached hydrogen (secondary N) is 1. The summed E-state index contributed by atoms with van der Waals surface area (Å²) in [5.41, 5.74) is 0.860. The van der Waals surface area contributed by atoms with Crippen LogP contribution >= 0.6 is 36.4 Å². The van der Waals surface area contributed by atoms with Gasteiger partial charge in [-0.05, 0) is 24.5 Å². The normalized spacial score (nSPS) is 19.4. The maximum absolute atomic E-state index is 10.5. The van der Waals surface area contributed by atoms with Gasteiger partial charge in [0.05, 0.1) is 17.7 Å². The molecule has 4 nitrogen and oxygen atoms in total. The predicted molar refractivity (Wildman–Crippen MR) is 98.7 cm³/mol. The van der Waals surface area contributed by atoms with E-state index in [4.69, 9.17) is 16.3 Å². The Morgan fingerprint density at radius 2 is 1.96 bits per heavy atom. The lowest BCUT2D eigenvalue weighted by molar-refractivity contribution is 0.155. The summed E-state index contributed by atoms with van der Waals surface area (Å²) in [6.45, 7) is 3.97. The Kier molecular flexibility index (Phi) is 8.25. The highest BCUT2D eigenvalue weighted by Crippen LogP contribution is 2.47. The van der Waals surface area contributed by atoms with Crippen LogP contribution in [0.1, 0.15) is 30.9 Å². The van der Waals surface area contributed by atoms with Gasteiger partial charge in [-0.15, -0.1) is 24.8 Å². The lowest BCUT2D eigenvalue weighted by atomic mass is 9.96. The molecule has 1 heterocycles. The zero-order valence-corrected chi connectivity index (χ0v) is 15.6. The second kappa shape index (κ2) is 9.19. The molecule has 1 saturated heterocycles. The summed E-state index contributed by atoms with van der Waals surface area (Å²) in [5, 5.41) is 14.3. The summed E-state index contributed by atoms with van der Waals surface area (Å²) in [6.07, 6.45) is 3.67. The third-order valence-corrected chi connectivity index (χ3v) is 4.83. The molecule has 0 unspecified atom stereocenters. The molecule has 1 aliphatic carbocycles. The molecule has 0 bridgehead atoms. The van der Waals surface area contributed by atoms with Crippen LogP contribution in [0.3, 0.4) is 0 Å². The average Bonchev–Trinajstić information content (AvgIpc) is 3.33. The van der Waals surface area contributed by atoms with Crippen molar-refractivity contribution in [3.8, 4) is 11.5 Å². The van der Waals surface area contributed by atoms with Crippen LogP contribution in [0.15, 0.2) is 12.1 Å². The second-order valence-electron chi connectivity index (χ2n) is 5.99. The maximum atomic E-state index is 10.5. The largest absolute Gasteiger partial charge is 0.506 e. The number of piperazine rings is 1. The second-order valence-corrected chi connectivity index (χ2v) is 6.40. The van der Waals surface area contributed by atoms with Crippen molar-refractivity contribution in [2.45, 2.75) is 25.3 Å². The van der Waals surface area contributed by atoms with E-state index in [0.717, 1.165) is 49.8 Å². The van der Waals surface area contributed by atoms with Crippen molar-refractivity contribution >= 4 is 36.4 Å². The van der Waals surface area contributed by atoms with E-state index in [1.54, 1.807) is 13.2 Å². The van der Waals surface area contributed by atoms with Crippen LogP contribution in [0.4, 0.5) is 0 Å². The van der Waals surface area contributed by atoms with Gasteiger partial charge in [-0.2, -0.15) is 0 Å². The first kappa shape index (κ1) is 20.7. The van der Waals surface area contributed by atoms with Crippen molar-refractivity contribution in [3.63, 3.8) is 0 Å². The highest BCUT2D eigenvalue weighted by molar-refractivity contribution is 6.32. The topological polar surface area (TPSA) is 44.7 Å². The van der Waals surface area contributed by atoms with E-state index in [-0.39, 0.29) is 36.6 Å². The number of hydrogen-bond donors (Lipinski definition) is 2. The zero-order valence-electron chi connectivity index (χ0n) is 13.3. The first-order valence-electron chi connectivity index (χ1n) is 7.71. The molecular formula is C16H25Cl3N2O2. The van der Waals surface area contributed by atoms with Gasteiger partial charge < -0.3 is 15.2 Å². The van der Waals surface area contributed by atoms with Crippen molar-refractivity contribution in [2.75, 3.05) is 33.3 Å². The molecule has 2 aliphatic rings. The minimum absolute atomic E-state index is 0. The maximum Gasteiger partial charge on any atom is 0.142 e. The van der Waals surface area contributed by atoms with E-state index < -0.39 is 0 Å². The number of nitrogens with zero attached hydrogens (tertiary/aromatic N) is 1. The summed E-state index contributed by atoms with van der Waals surface area (Å²) < 4.78 is 5.49. The molecule has 23 heavy (non-hydrogen) atoms. The van der Waals surface area contributed by atoms with Crippen molar-refractivity contribution in [1.29, 1.82) is 0 Å². The zero-order chi connectivity index (χ0) is 14.8. The Balaban J connectivity index is 0.00000132. The molecule has 1 aromatic carbocycles. The SMILES string of the molecule is COc1ccc(Cl)c(O)c1[C@H](CC1CC1)N1CCNCC1.Cl.Cl. The summed E-state index contributed by atoms with van der Waals surface area (Å²) in [6, 6.07) is 3.75. The molecule has 0 aromatic heterocycles. The minimum Gasteiger partial charge on any atom is -0.506 e. The van der Waals surface area contributed by atoms with Crippen LogP contribution in [-0.2, 0) is 0 Å². The van der Waals surface area contributed by atoms with Gasteiger partial charge in [-0.25, -0.2) is 0 Å². The van der Waals surface area contributed by atoms with E-state index in [0.29, 0.717) is 5.02 Å². The highest BCUT2D eigenvalue weighted by Gasteiger charge is 2.34.